The average Bonchev–Trinajstić information content (AvgIpc) is 2.53. The quantitative estimate of drug-likeness (QED) is 0.459. The minimum absolute atomic E-state index is 1.72. The molecule has 0 aliphatic heterocycles. The SMILES string of the molecule is C=C[Si](C)(C)O[Si](C=C)(C=C)O[Si](C=C)(C=C)O[Si](C)(C)C=C. The molecule has 0 bridgehead atoms. The molecule has 7 heteroatoms. The lowest BCUT2D eigenvalue weighted by Gasteiger charge is -2.40. The maximum atomic E-state index is 6.43. The van der Waals surface area contributed by atoms with Crippen molar-refractivity contribution in [1.29, 1.82) is 0 Å². The Bertz CT molecular complexity index is 438. The van der Waals surface area contributed by atoms with Gasteiger partial charge in [0.15, 0.2) is 0 Å². The van der Waals surface area contributed by atoms with E-state index in [9.17, 15) is 0 Å². The van der Waals surface area contributed by atoms with E-state index in [1.807, 2.05) is 37.6 Å². The standard InChI is InChI=1S/C16H30O3Si4/c1-11-20(7,8)17-22(13-3,14-4)19-23(15-5,16-6)18-21(9,10)12-2/h11-16H,1-6H2,7-10H3. The molecule has 0 aromatic carbocycles. The van der Waals surface area contributed by atoms with E-state index in [2.05, 4.69) is 39.5 Å². The summed E-state index contributed by atoms with van der Waals surface area (Å²) < 4.78 is 19.1. The first-order chi connectivity index (χ1) is 10.5. The van der Waals surface area contributed by atoms with Gasteiger partial charge in [0.05, 0.1) is 0 Å². The van der Waals surface area contributed by atoms with Crippen molar-refractivity contribution in [3.05, 3.63) is 73.7 Å². The first-order valence-electron chi connectivity index (χ1n) is 7.41. The van der Waals surface area contributed by atoms with Crippen LogP contribution in [0.2, 0.25) is 26.2 Å². The molecule has 23 heavy (non-hydrogen) atoms. The van der Waals surface area contributed by atoms with Crippen molar-refractivity contribution in [1.82, 2.24) is 0 Å². The third-order valence-electron chi connectivity index (χ3n) is 3.29. The molecule has 128 valence electrons. The fourth-order valence-corrected chi connectivity index (χ4v) is 15.0. The van der Waals surface area contributed by atoms with Crippen LogP contribution in [0.15, 0.2) is 73.7 Å². The number of rotatable bonds is 12. The van der Waals surface area contributed by atoms with Crippen LogP contribution in [0.3, 0.4) is 0 Å². The largest absolute Gasteiger partial charge is 0.427 e. The van der Waals surface area contributed by atoms with Crippen molar-refractivity contribution < 1.29 is 12.3 Å². The number of hydrogen-bond donors (Lipinski definition) is 0. The van der Waals surface area contributed by atoms with Crippen molar-refractivity contribution in [2.45, 2.75) is 26.2 Å². The summed E-state index contributed by atoms with van der Waals surface area (Å²) in [6, 6.07) is 0. The molecular formula is C16H30O3Si4. The smallest absolute Gasteiger partial charge is 0.372 e. The van der Waals surface area contributed by atoms with Gasteiger partial charge in [-0.15, -0.1) is 39.5 Å². The molecule has 0 aromatic rings. The molecule has 0 rings (SSSR count). The zero-order valence-electron chi connectivity index (χ0n) is 14.9. The number of hydrogen-bond acceptors (Lipinski definition) is 3. The molecular weight excluding hydrogens is 353 g/mol. The fourth-order valence-electron chi connectivity index (χ4n) is 1.70. The molecule has 0 atom stereocenters. The van der Waals surface area contributed by atoms with Crippen LogP contribution in [-0.2, 0) is 12.3 Å². The Labute approximate surface area is 146 Å². The maximum Gasteiger partial charge on any atom is 0.372 e. The molecule has 0 heterocycles. The predicted octanol–water partition coefficient (Wildman–Crippen LogP) is 4.68. The summed E-state index contributed by atoms with van der Waals surface area (Å²) in [4.78, 5) is 0. The first kappa shape index (κ1) is 22.2. The average molecular weight is 383 g/mol. The fraction of sp³-hybridized carbons (Fsp3) is 0.250. The van der Waals surface area contributed by atoms with Gasteiger partial charge in [0.1, 0.15) is 0 Å². The van der Waals surface area contributed by atoms with Crippen LogP contribution in [0.25, 0.3) is 0 Å². The van der Waals surface area contributed by atoms with Crippen LogP contribution in [-0.4, -0.2) is 33.8 Å². The summed E-state index contributed by atoms with van der Waals surface area (Å²) in [6.45, 7) is 31.6. The Morgan fingerprint density at radius 1 is 0.478 bits per heavy atom. The highest BCUT2D eigenvalue weighted by molar-refractivity contribution is 6.98. The van der Waals surface area contributed by atoms with Crippen molar-refractivity contribution in [2.75, 3.05) is 0 Å². The van der Waals surface area contributed by atoms with Crippen LogP contribution >= 0.6 is 0 Å². The van der Waals surface area contributed by atoms with Gasteiger partial charge < -0.3 is 12.3 Å². The van der Waals surface area contributed by atoms with Crippen molar-refractivity contribution in [2.24, 2.45) is 0 Å². The van der Waals surface area contributed by atoms with Crippen molar-refractivity contribution in [3.8, 4) is 0 Å². The van der Waals surface area contributed by atoms with Gasteiger partial charge in [-0.25, -0.2) is 0 Å². The van der Waals surface area contributed by atoms with Gasteiger partial charge in [0, 0.05) is 0 Å². The summed E-state index contributed by atoms with van der Waals surface area (Å²) in [7, 11) is -9.98. The van der Waals surface area contributed by atoms with E-state index < -0.39 is 33.8 Å². The molecule has 0 aliphatic rings. The van der Waals surface area contributed by atoms with E-state index in [-0.39, 0.29) is 0 Å². The summed E-state index contributed by atoms with van der Waals surface area (Å²) in [5, 5.41) is 0. The van der Waals surface area contributed by atoms with Gasteiger partial charge in [-0.2, -0.15) is 0 Å². The Hall–Kier alpha value is -0.812. The van der Waals surface area contributed by atoms with E-state index in [0.29, 0.717) is 0 Å². The molecule has 0 aromatic heterocycles. The molecule has 0 aliphatic carbocycles. The summed E-state index contributed by atoms with van der Waals surface area (Å²) >= 11 is 0. The lowest BCUT2D eigenvalue weighted by Crippen LogP contribution is -2.58. The van der Waals surface area contributed by atoms with Crippen molar-refractivity contribution >= 4 is 33.8 Å². The summed E-state index contributed by atoms with van der Waals surface area (Å²) in [6.07, 6.45) is 0. The Morgan fingerprint density at radius 3 is 0.913 bits per heavy atom. The minimum atomic E-state index is -2.89. The second-order valence-electron chi connectivity index (χ2n) is 6.18. The lowest BCUT2D eigenvalue weighted by atomic mass is 11.2. The molecule has 0 saturated carbocycles. The van der Waals surface area contributed by atoms with Gasteiger partial charge in [-0.3, -0.25) is 0 Å². The molecule has 3 nitrogen and oxygen atoms in total. The maximum absolute atomic E-state index is 6.43. The van der Waals surface area contributed by atoms with Gasteiger partial charge in [-0.1, -0.05) is 11.4 Å². The van der Waals surface area contributed by atoms with Crippen LogP contribution in [0.4, 0.5) is 0 Å². The third kappa shape index (κ3) is 6.30. The Morgan fingerprint density at radius 2 is 0.739 bits per heavy atom. The van der Waals surface area contributed by atoms with Crippen LogP contribution in [0.1, 0.15) is 0 Å². The van der Waals surface area contributed by atoms with E-state index >= 15 is 0 Å². The highest BCUT2D eigenvalue weighted by Crippen LogP contribution is 2.27. The molecule has 0 saturated heterocycles. The Kier molecular flexibility index (Phi) is 8.04. The van der Waals surface area contributed by atoms with E-state index in [4.69, 9.17) is 12.3 Å². The highest BCUT2D eigenvalue weighted by atomic mass is 28.5. The second kappa shape index (κ2) is 8.33. The molecule has 0 fully saturated rings. The van der Waals surface area contributed by atoms with Gasteiger partial charge in [0.2, 0.25) is 16.6 Å². The summed E-state index contributed by atoms with van der Waals surface area (Å²) in [5.74, 6) is 0. The molecule has 0 unspecified atom stereocenters. The minimum Gasteiger partial charge on any atom is -0.427 e. The first-order valence-corrected chi connectivity index (χ1v) is 17.3. The lowest BCUT2D eigenvalue weighted by molar-refractivity contribution is 0.353. The van der Waals surface area contributed by atoms with Crippen LogP contribution in [0, 0.1) is 0 Å². The normalized spacial score (nSPS) is 13.0. The topological polar surface area (TPSA) is 27.7 Å². The van der Waals surface area contributed by atoms with E-state index in [1.54, 1.807) is 22.8 Å². The van der Waals surface area contributed by atoms with Gasteiger partial charge in [-0.05, 0) is 49.0 Å². The predicted molar refractivity (Wildman–Crippen MR) is 111 cm³/mol. The van der Waals surface area contributed by atoms with Crippen molar-refractivity contribution in [3.63, 3.8) is 0 Å². The van der Waals surface area contributed by atoms with E-state index in [0.717, 1.165) is 0 Å². The molecule has 0 spiro atoms. The molecule has 0 N–H and O–H groups in total. The van der Waals surface area contributed by atoms with Crippen LogP contribution in [0.5, 0.6) is 0 Å². The zero-order chi connectivity index (χ0) is 18.4. The second-order valence-corrected chi connectivity index (χ2v) is 20.4. The monoisotopic (exact) mass is 382 g/mol. The molecule has 0 radical (unpaired) electrons. The Balaban J connectivity index is 5.82. The van der Waals surface area contributed by atoms with Gasteiger partial charge >= 0.3 is 17.1 Å². The third-order valence-corrected chi connectivity index (χ3v) is 16.8. The molecule has 0 amide bonds. The zero-order valence-corrected chi connectivity index (χ0v) is 18.9. The summed E-state index contributed by atoms with van der Waals surface area (Å²) in [5.41, 5.74) is 10.6. The van der Waals surface area contributed by atoms with Crippen LogP contribution < -0.4 is 0 Å². The highest BCUT2D eigenvalue weighted by Gasteiger charge is 2.47. The van der Waals surface area contributed by atoms with E-state index in [1.165, 1.54) is 0 Å². The van der Waals surface area contributed by atoms with Gasteiger partial charge in [0.25, 0.3) is 0 Å².